The Morgan fingerprint density at radius 2 is 2.05 bits per heavy atom. The van der Waals surface area contributed by atoms with E-state index in [0.29, 0.717) is 17.2 Å². The van der Waals surface area contributed by atoms with Crippen LogP contribution in [0.5, 0.6) is 0 Å². The molecule has 3 fully saturated rings. The number of carbonyl (C=O) groups excluding carboxylic acids is 1. The first-order chi connectivity index (χ1) is 9.90. The van der Waals surface area contributed by atoms with Crippen molar-refractivity contribution < 1.29 is 9.53 Å². The maximum atomic E-state index is 12.6. The first kappa shape index (κ1) is 18.0. The minimum absolute atomic E-state index is 0.123. The molecule has 5 atom stereocenters. The average Bonchev–Trinajstić information content (AvgIpc) is 2.47. The highest BCUT2D eigenvalue weighted by molar-refractivity contribution is 9.09. The fourth-order valence-electron chi connectivity index (χ4n) is 3.75. The lowest BCUT2D eigenvalue weighted by Crippen LogP contribution is -2.54. The van der Waals surface area contributed by atoms with Crippen LogP contribution in [0.1, 0.15) is 58.8 Å². The van der Waals surface area contributed by atoms with Gasteiger partial charge in [-0.05, 0) is 43.9 Å². The van der Waals surface area contributed by atoms with Crippen LogP contribution in [0.15, 0.2) is 0 Å². The molecule has 21 heavy (non-hydrogen) atoms. The molecule has 2 nitrogen and oxygen atoms in total. The second-order valence-corrected chi connectivity index (χ2v) is 9.12. The molecule has 0 spiro atoms. The number of carbonyl (C=O) groups is 1. The predicted octanol–water partition coefficient (Wildman–Crippen LogP) is 5.28. The van der Waals surface area contributed by atoms with E-state index in [2.05, 4.69) is 22.9 Å². The Balaban J connectivity index is 2.03. The lowest BCUT2D eigenvalue weighted by molar-refractivity contribution is -0.172. The summed E-state index contributed by atoms with van der Waals surface area (Å²) in [7, 11) is 0. The molecule has 122 valence electrons. The molecule has 0 radical (unpaired) electrons. The van der Waals surface area contributed by atoms with E-state index in [1.807, 2.05) is 6.92 Å². The predicted molar refractivity (Wildman–Crippen MR) is 91.5 cm³/mol. The van der Waals surface area contributed by atoms with E-state index in [1.165, 1.54) is 0 Å². The Bertz CT molecular complexity index is 375. The Morgan fingerprint density at radius 1 is 1.33 bits per heavy atom. The summed E-state index contributed by atoms with van der Waals surface area (Å²) >= 11 is 16.3. The zero-order valence-corrected chi connectivity index (χ0v) is 15.9. The molecule has 0 aromatic carbocycles. The second kappa shape index (κ2) is 7.51. The van der Waals surface area contributed by atoms with E-state index < -0.39 is 10.4 Å². The minimum Gasteiger partial charge on any atom is -0.366 e. The molecule has 5 unspecified atom stereocenters. The van der Waals surface area contributed by atoms with Gasteiger partial charge < -0.3 is 4.74 Å². The lowest BCUT2D eigenvalue weighted by Gasteiger charge is -2.49. The molecule has 2 saturated heterocycles. The number of hydrogen-bond acceptors (Lipinski definition) is 2. The molecule has 0 aromatic rings. The molecule has 1 saturated carbocycles. The molecule has 5 heteroatoms. The fourth-order valence-corrected chi connectivity index (χ4v) is 5.35. The van der Waals surface area contributed by atoms with Gasteiger partial charge in [-0.15, -0.1) is 0 Å². The van der Waals surface area contributed by atoms with Gasteiger partial charge in [0.25, 0.3) is 0 Å². The third-order valence-corrected chi connectivity index (χ3v) is 6.72. The third-order valence-electron chi connectivity index (χ3n) is 4.84. The summed E-state index contributed by atoms with van der Waals surface area (Å²) in [6.07, 6.45) is 6.53. The minimum atomic E-state index is -1.29. The number of ether oxygens (including phenoxy) is 1. The van der Waals surface area contributed by atoms with E-state index in [9.17, 15) is 4.79 Å². The first-order valence-electron chi connectivity index (χ1n) is 8.12. The highest BCUT2D eigenvalue weighted by Crippen LogP contribution is 2.47. The molecule has 0 aromatic heterocycles. The number of halogens is 3. The zero-order chi connectivity index (χ0) is 15.6. The quantitative estimate of drug-likeness (QED) is 0.544. The van der Waals surface area contributed by atoms with Crippen LogP contribution in [0.25, 0.3) is 0 Å². The average molecular weight is 400 g/mol. The Hall–Kier alpha value is 0.690. The fraction of sp³-hybridized carbons (Fsp3) is 0.938. The summed E-state index contributed by atoms with van der Waals surface area (Å²) in [4.78, 5) is 13.1. The molecule has 2 heterocycles. The van der Waals surface area contributed by atoms with Crippen LogP contribution in [0.3, 0.4) is 0 Å². The van der Waals surface area contributed by atoms with E-state index in [4.69, 9.17) is 27.9 Å². The Labute approximate surface area is 146 Å². The summed E-state index contributed by atoms with van der Waals surface area (Å²) in [6.45, 7) is 4.18. The molecule has 2 aliphatic heterocycles. The van der Waals surface area contributed by atoms with E-state index in [-0.39, 0.29) is 17.8 Å². The molecule has 2 bridgehead atoms. The van der Waals surface area contributed by atoms with Gasteiger partial charge in [-0.3, -0.25) is 4.79 Å². The van der Waals surface area contributed by atoms with Crippen LogP contribution in [0.4, 0.5) is 0 Å². The maximum Gasteiger partial charge on any atom is 0.197 e. The summed E-state index contributed by atoms with van der Waals surface area (Å²) in [6, 6.07) is 0. The molecular weight excluding hydrogens is 375 g/mol. The van der Waals surface area contributed by atoms with Gasteiger partial charge in [0.05, 0.1) is 6.10 Å². The van der Waals surface area contributed by atoms with Crippen molar-refractivity contribution in [3.05, 3.63) is 0 Å². The van der Waals surface area contributed by atoms with E-state index in [1.54, 1.807) is 0 Å². The van der Waals surface area contributed by atoms with Gasteiger partial charge >= 0.3 is 0 Å². The lowest BCUT2D eigenvalue weighted by atomic mass is 9.71. The van der Waals surface area contributed by atoms with Gasteiger partial charge in [0.2, 0.25) is 0 Å². The van der Waals surface area contributed by atoms with Gasteiger partial charge in [-0.1, -0.05) is 65.8 Å². The summed E-state index contributed by atoms with van der Waals surface area (Å²) in [5, 5.41) is 0. The van der Waals surface area contributed by atoms with E-state index in [0.717, 1.165) is 38.5 Å². The third kappa shape index (κ3) is 3.97. The van der Waals surface area contributed by atoms with Crippen molar-refractivity contribution in [2.75, 3.05) is 0 Å². The largest absolute Gasteiger partial charge is 0.366 e. The van der Waals surface area contributed by atoms with Gasteiger partial charge in [-0.25, -0.2) is 0 Å². The van der Waals surface area contributed by atoms with Crippen molar-refractivity contribution in [3.8, 4) is 0 Å². The topological polar surface area (TPSA) is 26.3 Å². The second-order valence-electron chi connectivity index (χ2n) is 6.46. The SMILES string of the molecule is CCCC(Br)C1CC2CCC1OC2C(=O)C(Cl)(Cl)CCC. The molecule has 3 rings (SSSR count). The molecule has 1 aliphatic carbocycles. The number of Topliss-reactive ketones (excluding diaryl/α,β-unsaturated/α-hetero) is 1. The van der Waals surface area contributed by atoms with Crippen LogP contribution >= 0.6 is 39.1 Å². The Morgan fingerprint density at radius 3 is 2.57 bits per heavy atom. The van der Waals surface area contributed by atoms with Gasteiger partial charge in [-0.2, -0.15) is 0 Å². The van der Waals surface area contributed by atoms with Crippen molar-refractivity contribution in [1.29, 1.82) is 0 Å². The van der Waals surface area contributed by atoms with Crippen molar-refractivity contribution in [3.63, 3.8) is 0 Å². The monoisotopic (exact) mass is 398 g/mol. The summed E-state index contributed by atoms with van der Waals surface area (Å²) < 4.78 is 4.82. The highest BCUT2D eigenvalue weighted by atomic mass is 79.9. The van der Waals surface area contributed by atoms with Crippen molar-refractivity contribution in [1.82, 2.24) is 0 Å². The van der Waals surface area contributed by atoms with E-state index >= 15 is 0 Å². The normalized spacial score (nSPS) is 34.0. The van der Waals surface area contributed by atoms with Crippen LogP contribution in [0, 0.1) is 11.8 Å². The maximum absolute atomic E-state index is 12.6. The van der Waals surface area contributed by atoms with Crippen LogP contribution in [-0.2, 0) is 9.53 Å². The molecule has 3 aliphatic rings. The van der Waals surface area contributed by atoms with Crippen LogP contribution < -0.4 is 0 Å². The summed E-state index contributed by atoms with van der Waals surface area (Å²) in [5.74, 6) is 0.666. The van der Waals surface area contributed by atoms with Crippen molar-refractivity contribution in [2.24, 2.45) is 11.8 Å². The van der Waals surface area contributed by atoms with Crippen molar-refractivity contribution >= 4 is 44.9 Å². The zero-order valence-electron chi connectivity index (χ0n) is 12.8. The van der Waals surface area contributed by atoms with Crippen molar-refractivity contribution in [2.45, 2.75) is 80.2 Å². The van der Waals surface area contributed by atoms with Gasteiger partial charge in [0, 0.05) is 4.83 Å². The molecule has 0 N–H and O–H groups in total. The molecular formula is C16H25BrCl2O2. The number of ketones is 1. The standard InChI is InChI=1S/C16H25BrCl2O2/c1-3-5-12(17)11-9-10-6-7-13(11)21-14(10)15(20)16(18,19)8-4-2/h10-14H,3-9H2,1-2H3. The summed E-state index contributed by atoms with van der Waals surface area (Å²) in [5.41, 5.74) is 0. The van der Waals surface area contributed by atoms with Crippen LogP contribution in [-0.4, -0.2) is 27.2 Å². The number of hydrogen-bond donors (Lipinski definition) is 0. The Kier molecular flexibility index (Phi) is 6.45. The first-order valence-corrected chi connectivity index (χ1v) is 9.79. The number of rotatable bonds is 7. The smallest absolute Gasteiger partial charge is 0.197 e. The van der Waals surface area contributed by atoms with Gasteiger partial charge in [0.15, 0.2) is 10.1 Å². The van der Waals surface area contributed by atoms with Gasteiger partial charge in [0.1, 0.15) is 6.10 Å². The number of alkyl halides is 3. The highest BCUT2D eigenvalue weighted by Gasteiger charge is 2.51. The van der Waals surface area contributed by atoms with Crippen LogP contribution in [0.2, 0.25) is 0 Å². The molecule has 0 amide bonds. The number of fused-ring (bicyclic) bond motifs is 3.